The molecule has 0 aliphatic rings. The molecule has 2 aromatic rings. The summed E-state index contributed by atoms with van der Waals surface area (Å²) in [4.78, 5) is 2.24. The number of ether oxygens (including phenoxy) is 1. The Morgan fingerprint density at radius 2 is 2.16 bits per heavy atom. The number of aromatic nitrogens is 2. The molecule has 5 heteroatoms. The molecule has 0 radical (unpaired) electrons. The average molecular weight is 324 g/mol. The Morgan fingerprint density at radius 1 is 1.37 bits per heavy atom. The fourth-order valence-corrected chi connectivity index (χ4v) is 2.49. The van der Waals surface area contributed by atoms with Crippen molar-refractivity contribution < 1.29 is 4.74 Å². The van der Waals surface area contributed by atoms with Gasteiger partial charge in [0.25, 0.3) is 0 Å². The van der Waals surface area contributed by atoms with Crippen LogP contribution in [0.5, 0.6) is 5.75 Å². The predicted molar refractivity (Wildman–Crippen MR) is 79.1 cm³/mol. The van der Waals surface area contributed by atoms with Gasteiger partial charge in [0.05, 0.1) is 13.3 Å². The number of aryl methyl sites for hydroxylation is 1. The van der Waals surface area contributed by atoms with Gasteiger partial charge in [-0.3, -0.25) is 9.58 Å². The van der Waals surface area contributed by atoms with E-state index in [0.717, 1.165) is 23.3 Å². The van der Waals surface area contributed by atoms with Crippen LogP contribution >= 0.6 is 15.9 Å². The summed E-state index contributed by atoms with van der Waals surface area (Å²) in [6.45, 7) is 1.70. The second kappa shape index (κ2) is 6.21. The third-order valence-corrected chi connectivity index (χ3v) is 3.39. The van der Waals surface area contributed by atoms with Crippen molar-refractivity contribution in [2.24, 2.45) is 7.05 Å². The SMILES string of the molecule is COc1ccc(Br)cc1CN(C)Cc1cnn(C)c1. The summed E-state index contributed by atoms with van der Waals surface area (Å²) in [6.07, 6.45) is 3.93. The Kier molecular flexibility index (Phi) is 4.61. The number of hydrogen-bond acceptors (Lipinski definition) is 3. The van der Waals surface area contributed by atoms with Gasteiger partial charge < -0.3 is 4.74 Å². The number of rotatable bonds is 5. The van der Waals surface area contributed by atoms with Gasteiger partial charge in [0.2, 0.25) is 0 Å². The van der Waals surface area contributed by atoms with Crippen LogP contribution in [-0.2, 0) is 20.1 Å². The topological polar surface area (TPSA) is 30.3 Å². The maximum atomic E-state index is 5.39. The number of methoxy groups -OCH3 is 1. The van der Waals surface area contributed by atoms with Crippen LogP contribution in [0.1, 0.15) is 11.1 Å². The fraction of sp³-hybridized carbons (Fsp3) is 0.357. The van der Waals surface area contributed by atoms with Crippen molar-refractivity contribution in [1.29, 1.82) is 0 Å². The smallest absolute Gasteiger partial charge is 0.123 e. The summed E-state index contributed by atoms with van der Waals surface area (Å²) >= 11 is 3.50. The van der Waals surface area contributed by atoms with Crippen LogP contribution in [0.3, 0.4) is 0 Å². The minimum absolute atomic E-state index is 0.831. The van der Waals surface area contributed by atoms with Gasteiger partial charge in [0, 0.05) is 41.9 Å². The van der Waals surface area contributed by atoms with Gasteiger partial charge in [-0.1, -0.05) is 15.9 Å². The standard InChI is InChI=1S/C14H18BrN3O/c1-17(8-11-7-16-18(2)9-11)10-12-6-13(15)4-5-14(12)19-3/h4-7,9H,8,10H2,1-3H3. The first-order valence-electron chi connectivity index (χ1n) is 6.07. The molecule has 0 N–H and O–H groups in total. The maximum Gasteiger partial charge on any atom is 0.123 e. The molecule has 0 aliphatic carbocycles. The Bertz CT molecular complexity index is 553. The summed E-state index contributed by atoms with van der Waals surface area (Å²) in [6, 6.07) is 6.07. The monoisotopic (exact) mass is 323 g/mol. The molecule has 2 rings (SSSR count). The molecular formula is C14H18BrN3O. The minimum atomic E-state index is 0.831. The summed E-state index contributed by atoms with van der Waals surface area (Å²) in [5.41, 5.74) is 2.38. The highest BCUT2D eigenvalue weighted by atomic mass is 79.9. The van der Waals surface area contributed by atoms with Crippen LogP contribution in [0.15, 0.2) is 35.1 Å². The fourth-order valence-electron chi connectivity index (χ4n) is 2.08. The lowest BCUT2D eigenvalue weighted by Gasteiger charge is -2.17. The molecule has 0 unspecified atom stereocenters. The lowest BCUT2D eigenvalue weighted by atomic mass is 10.2. The van der Waals surface area contributed by atoms with Gasteiger partial charge in [-0.2, -0.15) is 5.10 Å². The zero-order chi connectivity index (χ0) is 13.8. The first kappa shape index (κ1) is 14.1. The van der Waals surface area contributed by atoms with Gasteiger partial charge in [0.1, 0.15) is 5.75 Å². The Labute approximate surface area is 122 Å². The first-order valence-corrected chi connectivity index (χ1v) is 6.86. The third-order valence-electron chi connectivity index (χ3n) is 2.89. The predicted octanol–water partition coefficient (Wildman–Crippen LogP) is 2.82. The first-order chi connectivity index (χ1) is 9.08. The molecular weight excluding hydrogens is 306 g/mol. The lowest BCUT2D eigenvalue weighted by molar-refractivity contribution is 0.310. The van der Waals surface area contributed by atoms with Gasteiger partial charge >= 0.3 is 0 Å². The number of halogens is 1. The van der Waals surface area contributed by atoms with E-state index in [2.05, 4.69) is 39.0 Å². The van der Waals surface area contributed by atoms with E-state index in [4.69, 9.17) is 4.74 Å². The highest BCUT2D eigenvalue weighted by Crippen LogP contribution is 2.24. The Hall–Kier alpha value is -1.33. The van der Waals surface area contributed by atoms with Crippen LogP contribution in [-0.4, -0.2) is 28.8 Å². The molecule has 1 heterocycles. The van der Waals surface area contributed by atoms with Crippen molar-refractivity contribution >= 4 is 15.9 Å². The van der Waals surface area contributed by atoms with E-state index >= 15 is 0 Å². The molecule has 19 heavy (non-hydrogen) atoms. The molecule has 1 aromatic carbocycles. The Balaban J connectivity index is 2.05. The summed E-state index contributed by atoms with van der Waals surface area (Å²) in [7, 11) is 5.72. The number of hydrogen-bond donors (Lipinski definition) is 0. The van der Waals surface area contributed by atoms with Crippen LogP contribution in [0.2, 0.25) is 0 Å². The van der Waals surface area contributed by atoms with E-state index in [9.17, 15) is 0 Å². The molecule has 0 aliphatic heterocycles. The second-order valence-corrected chi connectivity index (χ2v) is 5.57. The minimum Gasteiger partial charge on any atom is -0.496 e. The molecule has 0 atom stereocenters. The molecule has 0 bridgehead atoms. The van der Waals surface area contributed by atoms with Crippen molar-refractivity contribution in [2.45, 2.75) is 13.1 Å². The second-order valence-electron chi connectivity index (χ2n) is 4.65. The van der Waals surface area contributed by atoms with Crippen molar-refractivity contribution in [3.63, 3.8) is 0 Å². The zero-order valence-corrected chi connectivity index (χ0v) is 13.0. The molecule has 1 aromatic heterocycles. The molecule has 0 amide bonds. The molecule has 0 saturated carbocycles. The van der Waals surface area contributed by atoms with E-state index in [-0.39, 0.29) is 0 Å². The van der Waals surface area contributed by atoms with E-state index in [0.29, 0.717) is 0 Å². The van der Waals surface area contributed by atoms with E-state index in [1.165, 1.54) is 11.1 Å². The Morgan fingerprint density at radius 3 is 2.79 bits per heavy atom. The van der Waals surface area contributed by atoms with Gasteiger partial charge in [-0.25, -0.2) is 0 Å². The van der Waals surface area contributed by atoms with Crippen molar-refractivity contribution in [1.82, 2.24) is 14.7 Å². The van der Waals surface area contributed by atoms with Gasteiger partial charge in [-0.05, 0) is 25.2 Å². The van der Waals surface area contributed by atoms with E-state index in [1.807, 2.05) is 36.3 Å². The molecule has 4 nitrogen and oxygen atoms in total. The quantitative estimate of drug-likeness (QED) is 0.847. The van der Waals surface area contributed by atoms with Crippen molar-refractivity contribution in [3.8, 4) is 5.75 Å². The van der Waals surface area contributed by atoms with E-state index < -0.39 is 0 Å². The highest BCUT2D eigenvalue weighted by molar-refractivity contribution is 9.10. The van der Waals surface area contributed by atoms with Crippen LogP contribution < -0.4 is 4.74 Å². The molecule has 0 fully saturated rings. The van der Waals surface area contributed by atoms with Gasteiger partial charge in [0.15, 0.2) is 0 Å². The summed E-state index contributed by atoms with van der Waals surface area (Å²) < 4.78 is 8.28. The molecule has 0 spiro atoms. The summed E-state index contributed by atoms with van der Waals surface area (Å²) in [5.74, 6) is 0.918. The number of benzene rings is 1. The molecule has 102 valence electrons. The van der Waals surface area contributed by atoms with Crippen molar-refractivity contribution in [2.75, 3.05) is 14.2 Å². The summed E-state index contributed by atoms with van der Waals surface area (Å²) in [5, 5.41) is 4.18. The van der Waals surface area contributed by atoms with E-state index in [1.54, 1.807) is 7.11 Å². The van der Waals surface area contributed by atoms with Crippen LogP contribution in [0.25, 0.3) is 0 Å². The largest absolute Gasteiger partial charge is 0.496 e. The molecule has 0 saturated heterocycles. The maximum absolute atomic E-state index is 5.39. The average Bonchev–Trinajstić information content (AvgIpc) is 2.75. The van der Waals surface area contributed by atoms with Gasteiger partial charge in [-0.15, -0.1) is 0 Å². The third kappa shape index (κ3) is 3.81. The number of nitrogens with zero attached hydrogens (tertiary/aromatic N) is 3. The van der Waals surface area contributed by atoms with Crippen LogP contribution in [0, 0.1) is 0 Å². The van der Waals surface area contributed by atoms with Crippen molar-refractivity contribution in [3.05, 3.63) is 46.2 Å². The lowest BCUT2D eigenvalue weighted by Crippen LogP contribution is -2.17. The zero-order valence-electron chi connectivity index (χ0n) is 11.4. The normalized spacial score (nSPS) is 11.0. The van der Waals surface area contributed by atoms with Crippen LogP contribution in [0.4, 0.5) is 0 Å². The highest BCUT2D eigenvalue weighted by Gasteiger charge is 2.08.